The first kappa shape index (κ1) is 17.8. The number of hydrogen-bond donors (Lipinski definition) is 0. The molecule has 0 saturated carbocycles. The number of pyridine rings is 1. The topological polar surface area (TPSA) is 88.1 Å². The first-order chi connectivity index (χ1) is 12.9. The fraction of sp³-hybridized carbons (Fsp3) is 0. The molecule has 0 aliphatic heterocycles. The molecule has 10 heteroatoms. The molecular weight excluding hydrogens is 455 g/mol. The molecule has 0 spiro atoms. The predicted molar refractivity (Wildman–Crippen MR) is 101 cm³/mol. The minimum Gasteiger partial charge on any atom is -0.240 e. The van der Waals surface area contributed by atoms with Gasteiger partial charge in [0.15, 0.2) is 0 Å². The minimum absolute atomic E-state index is 0.137. The molecule has 0 N–H and O–H groups in total. The zero-order valence-corrected chi connectivity index (χ0v) is 16.5. The van der Waals surface area contributed by atoms with E-state index in [4.69, 9.17) is 5.26 Å². The van der Waals surface area contributed by atoms with Gasteiger partial charge in [-0.1, -0.05) is 15.9 Å². The van der Waals surface area contributed by atoms with Crippen molar-refractivity contribution in [3.05, 3.63) is 64.0 Å². The summed E-state index contributed by atoms with van der Waals surface area (Å²) in [7, 11) is -3.97. The number of thiazole rings is 1. The van der Waals surface area contributed by atoms with Crippen LogP contribution >= 0.6 is 27.3 Å². The number of halogens is 2. The second-order valence-electron chi connectivity index (χ2n) is 5.49. The maximum absolute atomic E-state index is 13.5. The van der Waals surface area contributed by atoms with Crippen LogP contribution in [0.5, 0.6) is 0 Å². The highest BCUT2D eigenvalue weighted by molar-refractivity contribution is 9.10. The van der Waals surface area contributed by atoms with E-state index in [2.05, 4.69) is 26.0 Å². The number of benzene rings is 1. The Morgan fingerprint density at radius 2 is 2.07 bits per heavy atom. The highest BCUT2D eigenvalue weighted by atomic mass is 79.9. The standard InChI is InChI=1S/C17H8BrFN4O2S2/c18-11-3-4-23-16(6-11)13(8-21-23)15-9-26-17(22-15)27(24,25)12-1-2-14(19)10(5-12)7-20/h1-6,8-9H. The molecule has 0 amide bonds. The molecule has 6 nitrogen and oxygen atoms in total. The molecule has 0 saturated heterocycles. The lowest BCUT2D eigenvalue weighted by Gasteiger charge is -2.02. The van der Waals surface area contributed by atoms with E-state index in [0.717, 1.165) is 39.5 Å². The Kier molecular flexibility index (Phi) is 4.30. The van der Waals surface area contributed by atoms with Crippen molar-refractivity contribution in [2.75, 3.05) is 0 Å². The summed E-state index contributed by atoms with van der Waals surface area (Å²) in [5.41, 5.74) is 1.59. The molecule has 27 heavy (non-hydrogen) atoms. The van der Waals surface area contributed by atoms with Gasteiger partial charge in [0.2, 0.25) is 14.2 Å². The molecule has 4 rings (SSSR count). The molecule has 0 aliphatic carbocycles. The number of nitriles is 1. The van der Waals surface area contributed by atoms with Crippen LogP contribution in [-0.2, 0) is 9.84 Å². The fourth-order valence-corrected chi connectivity index (χ4v) is 5.27. The van der Waals surface area contributed by atoms with E-state index in [1.807, 2.05) is 12.1 Å². The fourth-order valence-electron chi connectivity index (χ4n) is 2.51. The average Bonchev–Trinajstić information content (AvgIpc) is 3.28. The van der Waals surface area contributed by atoms with Crippen molar-refractivity contribution in [1.29, 1.82) is 5.26 Å². The molecule has 0 unspecified atom stereocenters. The minimum atomic E-state index is -3.97. The zero-order chi connectivity index (χ0) is 19.2. The quantitative estimate of drug-likeness (QED) is 0.428. The Labute approximate surface area is 165 Å². The third kappa shape index (κ3) is 3.03. The smallest absolute Gasteiger partial charge is 0.233 e. The van der Waals surface area contributed by atoms with Crippen molar-refractivity contribution in [3.63, 3.8) is 0 Å². The van der Waals surface area contributed by atoms with Crippen molar-refractivity contribution in [2.24, 2.45) is 0 Å². The molecule has 134 valence electrons. The zero-order valence-electron chi connectivity index (χ0n) is 13.3. The highest BCUT2D eigenvalue weighted by Crippen LogP contribution is 2.31. The van der Waals surface area contributed by atoms with Crippen molar-refractivity contribution in [1.82, 2.24) is 14.6 Å². The van der Waals surface area contributed by atoms with Gasteiger partial charge in [0, 0.05) is 21.6 Å². The van der Waals surface area contributed by atoms with Gasteiger partial charge in [-0.15, -0.1) is 11.3 Å². The SMILES string of the molecule is N#Cc1cc(S(=O)(=O)c2nc(-c3cnn4ccc(Br)cc34)cs2)ccc1F. The van der Waals surface area contributed by atoms with Crippen LogP contribution in [0.15, 0.2) is 61.8 Å². The van der Waals surface area contributed by atoms with Crippen LogP contribution in [0.1, 0.15) is 5.56 Å². The van der Waals surface area contributed by atoms with Gasteiger partial charge in [-0.25, -0.2) is 22.3 Å². The van der Waals surface area contributed by atoms with E-state index < -0.39 is 15.7 Å². The summed E-state index contributed by atoms with van der Waals surface area (Å²) in [4.78, 5) is 4.07. The summed E-state index contributed by atoms with van der Waals surface area (Å²) in [6.45, 7) is 0. The Balaban J connectivity index is 1.80. The van der Waals surface area contributed by atoms with Crippen LogP contribution in [0.4, 0.5) is 4.39 Å². The first-order valence-electron chi connectivity index (χ1n) is 7.43. The van der Waals surface area contributed by atoms with Crippen LogP contribution in [0.2, 0.25) is 0 Å². The molecule has 0 bridgehead atoms. The van der Waals surface area contributed by atoms with E-state index in [9.17, 15) is 12.8 Å². The first-order valence-corrected chi connectivity index (χ1v) is 10.6. The van der Waals surface area contributed by atoms with Crippen molar-refractivity contribution in [3.8, 4) is 17.3 Å². The van der Waals surface area contributed by atoms with E-state index in [1.165, 1.54) is 0 Å². The van der Waals surface area contributed by atoms with Gasteiger partial charge >= 0.3 is 0 Å². The van der Waals surface area contributed by atoms with Gasteiger partial charge in [0.25, 0.3) is 0 Å². The van der Waals surface area contributed by atoms with Gasteiger partial charge in [0.05, 0.1) is 27.9 Å². The monoisotopic (exact) mass is 462 g/mol. The summed E-state index contributed by atoms with van der Waals surface area (Å²) in [5, 5.41) is 14.8. The molecule has 0 aliphatic rings. The molecule has 4 aromatic rings. The number of aromatic nitrogens is 3. The van der Waals surface area contributed by atoms with E-state index in [-0.39, 0.29) is 14.8 Å². The van der Waals surface area contributed by atoms with Gasteiger partial charge in [-0.05, 0) is 30.3 Å². The number of nitrogens with zero attached hydrogens (tertiary/aromatic N) is 4. The van der Waals surface area contributed by atoms with Gasteiger partial charge in [-0.3, -0.25) is 0 Å². The maximum atomic E-state index is 13.5. The Morgan fingerprint density at radius 1 is 1.26 bits per heavy atom. The van der Waals surface area contributed by atoms with Crippen molar-refractivity contribution >= 4 is 42.6 Å². The molecule has 3 heterocycles. The molecular formula is C17H8BrFN4O2S2. The van der Waals surface area contributed by atoms with Gasteiger partial charge in [0.1, 0.15) is 11.9 Å². The molecule has 0 radical (unpaired) electrons. The summed E-state index contributed by atoms with van der Waals surface area (Å²) in [5.74, 6) is -0.770. The van der Waals surface area contributed by atoms with Crippen LogP contribution in [0.3, 0.4) is 0 Å². The van der Waals surface area contributed by atoms with Crippen LogP contribution in [0.25, 0.3) is 16.8 Å². The summed E-state index contributed by atoms with van der Waals surface area (Å²) in [6.07, 6.45) is 3.38. The molecule has 3 aromatic heterocycles. The largest absolute Gasteiger partial charge is 0.240 e. The molecule has 0 fully saturated rings. The van der Waals surface area contributed by atoms with Crippen LogP contribution in [0, 0.1) is 17.1 Å². The predicted octanol–water partition coefficient (Wildman–Crippen LogP) is 4.06. The number of sulfone groups is 1. The van der Waals surface area contributed by atoms with Gasteiger partial charge in [-0.2, -0.15) is 10.4 Å². The second kappa shape index (κ2) is 6.53. The highest BCUT2D eigenvalue weighted by Gasteiger charge is 2.24. The Hall–Kier alpha value is -2.61. The number of hydrogen-bond acceptors (Lipinski definition) is 6. The summed E-state index contributed by atoms with van der Waals surface area (Å²) < 4.78 is 41.5. The summed E-state index contributed by atoms with van der Waals surface area (Å²) >= 11 is 4.35. The lowest BCUT2D eigenvalue weighted by Crippen LogP contribution is -2.02. The summed E-state index contributed by atoms with van der Waals surface area (Å²) in [6, 6.07) is 8.43. The second-order valence-corrected chi connectivity index (χ2v) is 9.39. The normalized spacial score (nSPS) is 11.6. The van der Waals surface area contributed by atoms with E-state index >= 15 is 0 Å². The Morgan fingerprint density at radius 3 is 2.85 bits per heavy atom. The van der Waals surface area contributed by atoms with Crippen LogP contribution < -0.4 is 0 Å². The molecule has 1 aromatic carbocycles. The van der Waals surface area contributed by atoms with Crippen LogP contribution in [-0.4, -0.2) is 23.0 Å². The lowest BCUT2D eigenvalue weighted by atomic mass is 10.2. The number of fused-ring (bicyclic) bond motifs is 1. The third-order valence-electron chi connectivity index (χ3n) is 3.84. The van der Waals surface area contributed by atoms with Gasteiger partial charge < -0.3 is 0 Å². The Bertz CT molecular complexity index is 1340. The average molecular weight is 463 g/mol. The maximum Gasteiger partial charge on any atom is 0.233 e. The van der Waals surface area contributed by atoms with Crippen molar-refractivity contribution in [2.45, 2.75) is 9.24 Å². The number of rotatable bonds is 3. The van der Waals surface area contributed by atoms with Crippen molar-refractivity contribution < 1.29 is 12.8 Å². The lowest BCUT2D eigenvalue weighted by molar-refractivity contribution is 0.593. The van der Waals surface area contributed by atoms with E-state index in [0.29, 0.717) is 11.3 Å². The molecule has 0 atom stereocenters. The van der Waals surface area contributed by atoms with E-state index in [1.54, 1.807) is 28.4 Å². The third-order valence-corrected chi connectivity index (χ3v) is 7.34.